The number of ether oxygens (including phenoxy) is 1. The Balaban J connectivity index is 1.24. The number of fused-ring (bicyclic) bond motifs is 1. The smallest absolute Gasteiger partial charge is 0.409 e. The number of anilines is 1. The molecule has 37 heavy (non-hydrogen) atoms. The molecule has 0 aliphatic carbocycles. The SMILES string of the molecule is O=C(Nc1ccc2c(c1)CCN(Cc1ccccc1)C2)Oc1ccccc1-c1ccc(C(F)(F)F)cc1. The minimum atomic E-state index is -4.41. The molecule has 4 aromatic carbocycles. The molecule has 0 unspecified atom stereocenters. The first kappa shape index (κ1) is 24.6. The number of hydrogen-bond donors (Lipinski definition) is 1. The van der Waals surface area contributed by atoms with E-state index in [4.69, 9.17) is 4.74 Å². The summed E-state index contributed by atoms with van der Waals surface area (Å²) in [6, 6.07) is 27.7. The number of benzene rings is 4. The summed E-state index contributed by atoms with van der Waals surface area (Å²) in [5, 5.41) is 2.78. The van der Waals surface area contributed by atoms with E-state index in [0.29, 0.717) is 16.8 Å². The van der Waals surface area contributed by atoms with Gasteiger partial charge in [0.2, 0.25) is 0 Å². The van der Waals surface area contributed by atoms with Gasteiger partial charge in [-0.25, -0.2) is 4.79 Å². The zero-order valence-electron chi connectivity index (χ0n) is 20.0. The maximum atomic E-state index is 12.9. The van der Waals surface area contributed by atoms with Gasteiger partial charge in [-0.15, -0.1) is 0 Å². The molecule has 1 aliphatic rings. The topological polar surface area (TPSA) is 41.6 Å². The zero-order valence-corrected chi connectivity index (χ0v) is 20.0. The number of nitrogens with one attached hydrogen (secondary N) is 1. The molecule has 7 heteroatoms. The van der Waals surface area contributed by atoms with E-state index in [-0.39, 0.29) is 5.75 Å². The molecule has 1 aliphatic heterocycles. The number of alkyl halides is 3. The molecule has 188 valence electrons. The van der Waals surface area contributed by atoms with E-state index in [1.807, 2.05) is 36.4 Å². The van der Waals surface area contributed by atoms with Gasteiger partial charge in [0.1, 0.15) is 5.75 Å². The Labute approximate surface area is 213 Å². The third kappa shape index (κ3) is 6.01. The fraction of sp³-hybridized carbons (Fsp3) is 0.167. The summed E-state index contributed by atoms with van der Waals surface area (Å²) in [4.78, 5) is 15.1. The molecule has 0 saturated heterocycles. The second-order valence-electron chi connectivity index (χ2n) is 9.02. The molecule has 4 nitrogen and oxygen atoms in total. The van der Waals surface area contributed by atoms with Crippen molar-refractivity contribution in [2.75, 3.05) is 11.9 Å². The highest BCUT2D eigenvalue weighted by atomic mass is 19.4. The Morgan fingerprint density at radius 3 is 2.35 bits per heavy atom. The number of para-hydroxylation sites is 1. The summed E-state index contributed by atoms with van der Waals surface area (Å²) in [5.41, 5.74) is 4.64. The summed E-state index contributed by atoms with van der Waals surface area (Å²) >= 11 is 0. The fourth-order valence-electron chi connectivity index (χ4n) is 4.54. The molecule has 1 heterocycles. The highest BCUT2D eigenvalue weighted by Crippen LogP contribution is 2.34. The zero-order chi connectivity index (χ0) is 25.8. The standard InChI is InChI=1S/C30H25F3N2O2/c31-30(32,33)25-13-10-22(11-14-25)27-8-4-5-9-28(27)37-29(36)34-26-15-12-24-20-35(17-16-23(24)18-26)19-21-6-2-1-3-7-21/h1-15,18H,16-17,19-20H2,(H,34,36). The van der Waals surface area contributed by atoms with Crippen LogP contribution in [0.5, 0.6) is 5.75 Å². The van der Waals surface area contributed by atoms with Gasteiger partial charge in [0, 0.05) is 30.9 Å². The van der Waals surface area contributed by atoms with E-state index in [9.17, 15) is 18.0 Å². The number of carbonyl (C=O) groups excluding carboxylic acids is 1. The first-order valence-corrected chi connectivity index (χ1v) is 12.0. The average Bonchev–Trinajstić information content (AvgIpc) is 2.89. The van der Waals surface area contributed by atoms with Crippen LogP contribution in [0.15, 0.2) is 97.1 Å². The van der Waals surface area contributed by atoms with Crippen molar-refractivity contribution in [3.63, 3.8) is 0 Å². The number of halogens is 3. The third-order valence-corrected chi connectivity index (χ3v) is 6.41. The van der Waals surface area contributed by atoms with Crippen LogP contribution in [0.2, 0.25) is 0 Å². The molecule has 0 aromatic heterocycles. The molecule has 1 N–H and O–H groups in total. The number of rotatable bonds is 5. The Morgan fingerprint density at radius 2 is 1.59 bits per heavy atom. The largest absolute Gasteiger partial charge is 0.417 e. The summed E-state index contributed by atoms with van der Waals surface area (Å²) in [6.45, 7) is 2.66. The van der Waals surface area contributed by atoms with Crippen molar-refractivity contribution in [2.45, 2.75) is 25.7 Å². The lowest BCUT2D eigenvalue weighted by atomic mass is 9.98. The predicted molar refractivity (Wildman–Crippen MR) is 137 cm³/mol. The maximum absolute atomic E-state index is 12.9. The molecule has 1 amide bonds. The normalized spacial score (nSPS) is 13.6. The second kappa shape index (κ2) is 10.5. The molecular formula is C30H25F3N2O2. The van der Waals surface area contributed by atoms with Crippen LogP contribution in [0, 0.1) is 0 Å². The quantitative estimate of drug-likeness (QED) is 0.307. The molecule has 0 spiro atoms. The van der Waals surface area contributed by atoms with Crippen LogP contribution in [0.3, 0.4) is 0 Å². The monoisotopic (exact) mass is 502 g/mol. The minimum Gasteiger partial charge on any atom is -0.409 e. The van der Waals surface area contributed by atoms with Crippen molar-refractivity contribution in [2.24, 2.45) is 0 Å². The average molecular weight is 503 g/mol. The molecule has 0 saturated carbocycles. The molecule has 4 aromatic rings. The summed E-state index contributed by atoms with van der Waals surface area (Å²) < 4.78 is 44.3. The van der Waals surface area contributed by atoms with E-state index in [0.717, 1.165) is 38.2 Å². The van der Waals surface area contributed by atoms with Crippen LogP contribution in [-0.2, 0) is 25.7 Å². The first-order chi connectivity index (χ1) is 17.8. The van der Waals surface area contributed by atoms with Gasteiger partial charge < -0.3 is 4.74 Å². The van der Waals surface area contributed by atoms with Crippen molar-refractivity contribution in [1.82, 2.24) is 4.90 Å². The van der Waals surface area contributed by atoms with Gasteiger partial charge in [-0.05, 0) is 59.0 Å². The number of hydrogen-bond acceptors (Lipinski definition) is 3. The third-order valence-electron chi connectivity index (χ3n) is 6.41. The van der Waals surface area contributed by atoms with Crippen molar-refractivity contribution < 1.29 is 22.7 Å². The van der Waals surface area contributed by atoms with Gasteiger partial charge in [0.25, 0.3) is 0 Å². The molecule has 5 rings (SSSR count). The van der Waals surface area contributed by atoms with Crippen molar-refractivity contribution in [1.29, 1.82) is 0 Å². The lowest BCUT2D eigenvalue weighted by Crippen LogP contribution is -2.30. The van der Waals surface area contributed by atoms with E-state index >= 15 is 0 Å². The maximum Gasteiger partial charge on any atom is 0.417 e. The highest BCUT2D eigenvalue weighted by molar-refractivity contribution is 5.88. The van der Waals surface area contributed by atoms with E-state index in [2.05, 4.69) is 22.3 Å². The fourth-order valence-corrected chi connectivity index (χ4v) is 4.54. The van der Waals surface area contributed by atoms with Gasteiger partial charge in [-0.2, -0.15) is 13.2 Å². The van der Waals surface area contributed by atoms with Crippen LogP contribution in [0.4, 0.5) is 23.7 Å². The van der Waals surface area contributed by atoms with Gasteiger partial charge in [0.05, 0.1) is 5.56 Å². The summed E-state index contributed by atoms with van der Waals surface area (Å²) in [7, 11) is 0. The molecule has 0 bridgehead atoms. The first-order valence-electron chi connectivity index (χ1n) is 12.0. The lowest BCUT2D eigenvalue weighted by molar-refractivity contribution is -0.137. The van der Waals surface area contributed by atoms with Crippen LogP contribution < -0.4 is 10.1 Å². The Bertz CT molecular complexity index is 1390. The van der Waals surface area contributed by atoms with Gasteiger partial charge in [-0.1, -0.05) is 66.7 Å². The summed E-state index contributed by atoms with van der Waals surface area (Å²) in [6.07, 6.45) is -4.20. The molecular weight excluding hydrogens is 477 g/mol. The van der Waals surface area contributed by atoms with Gasteiger partial charge in [-0.3, -0.25) is 10.2 Å². The van der Waals surface area contributed by atoms with Crippen molar-refractivity contribution in [3.8, 4) is 16.9 Å². The number of carbonyl (C=O) groups is 1. The van der Waals surface area contributed by atoms with Crippen molar-refractivity contribution in [3.05, 3.63) is 119 Å². The highest BCUT2D eigenvalue weighted by Gasteiger charge is 2.30. The number of amides is 1. The molecule has 0 radical (unpaired) electrons. The van der Waals surface area contributed by atoms with Crippen LogP contribution >= 0.6 is 0 Å². The van der Waals surface area contributed by atoms with E-state index in [1.165, 1.54) is 28.8 Å². The Kier molecular flexibility index (Phi) is 6.97. The van der Waals surface area contributed by atoms with E-state index in [1.54, 1.807) is 24.3 Å². The second-order valence-corrected chi connectivity index (χ2v) is 9.02. The predicted octanol–water partition coefficient (Wildman–Crippen LogP) is 7.54. The molecule has 0 atom stereocenters. The van der Waals surface area contributed by atoms with Crippen LogP contribution in [0.25, 0.3) is 11.1 Å². The van der Waals surface area contributed by atoms with E-state index < -0.39 is 17.8 Å². The Hall–Kier alpha value is -4.10. The van der Waals surface area contributed by atoms with Gasteiger partial charge >= 0.3 is 12.3 Å². The van der Waals surface area contributed by atoms with Crippen molar-refractivity contribution >= 4 is 11.8 Å². The summed E-state index contributed by atoms with van der Waals surface area (Å²) in [5.74, 6) is 0.259. The minimum absolute atomic E-state index is 0.259. The molecule has 0 fully saturated rings. The lowest BCUT2D eigenvalue weighted by Gasteiger charge is -2.29. The Morgan fingerprint density at radius 1 is 0.865 bits per heavy atom. The van der Waals surface area contributed by atoms with Gasteiger partial charge in [0.15, 0.2) is 0 Å². The number of nitrogens with zero attached hydrogens (tertiary/aromatic N) is 1. The van der Waals surface area contributed by atoms with Crippen LogP contribution in [-0.4, -0.2) is 17.5 Å². The van der Waals surface area contributed by atoms with Crippen LogP contribution in [0.1, 0.15) is 22.3 Å².